The fourth-order valence-corrected chi connectivity index (χ4v) is 1.62. The number of nitrogens with one attached hydrogen (secondary N) is 2. The van der Waals surface area contributed by atoms with E-state index in [9.17, 15) is 0 Å². The molecule has 0 aliphatic rings. The highest BCUT2D eigenvalue weighted by Crippen LogP contribution is 2.12. The molecule has 0 radical (unpaired) electrons. The molecule has 4 N–H and O–H groups in total. The van der Waals surface area contributed by atoms with Gasteiger partial charge in [-0.25, -0.2) is 5.84 Å². The SMILES string of the molecule is CCCOc1nc(NN)nc(NCCC(C)SC)n1. The van der Waals surface area contributed by atoms with Crippen LogP contribution in [0.2, 0.25) is 0 Å². The molecule has 8 heteroatoms. The van der Waals surface area contributed by atoms with E-state index in [4.69, 9.17) is 10.6 Å². The van der Waals surface area contributed by atoms with Crippen molar-refractivity contribution in [3.05, 3.63) is 0 Å². The van der Waals surface area contributed by atoms with Gasteiger partial charge in [0.25, 0.3) is 0 Å². The third kappa shape index (κ3) is 5.93. The maximum absolute atomic E-state index is 5.39. The first-order chi connectivity index (χ1) is 9.19. The topological polar surface area (TPSA) is 98.0 Å². The van der Waals surface area contributed by atoms with Gasteiger partial charge in [-0.15, -0.1) is 0 Å². The Morgan fingerprint density at radius 3 is 2.68 bits per heavy atom. The first kappa shape index (κ1) is 15.8. The standard InChI is InChI=1S/C11H22N6OS/c1-4-7-18-11-15-9(14-10(16-11)17-12)13-6-5-8(2)19-3/h8H,4-7,12H2,1-3H3,(H2,13,14,15,16,17). The summed E-state index contributed by atoms with van der Waals surface area (Å²) < 4.78 is 5.39. The van der Waals surface area contributed by atoms with Crippen LogP contribution in [0.4, 0.5) is 11.9 Å². The molecule has 0 saturated heterocycles. The number of rotatable bonds is 9. The van der Waals surface area contributed by atoms with Crippen LogP contribution in [0.1, 0.15) is 26.7 Å². The number of nitrogens with two attached hydrogens (primary N) is 1. The molecule has 7 nitrogen and oxygen atoms in total. The first-order valence-electron chi connectivity index (χ1n) is 6.31. The van der Waals surface area contributed by atoms with Gasteiger partial charge in [-0.2, -0.15) is 26.7 Å². The van der Waals surface area contributed by atoms with Crippen LogP contribution < -0.4 is 21.3 Å². The number of anilines is 2. The Kier molecular flexibility index (Phi) is 7.27. The number of thioether (sulfide) groups is 1. The van der Waals surface area contributed by atoms with Crippen LogP contribution in [-0.2, 0) is 0 Å². The van der Waals surface area contributed by atoms with Gasteiger partial charge in [-0.3, -0.25) is 5.43 Å². The summed E-state index contributed by atoms with van der Waals surface area (Å²) >= 11 is 1.83. The Bertz CT molecular complexity index is 378. The second-order valence-electron chi connectivity index (χ2n) is 4.02. The Labute approximate surface area is 118 Å². The molecule has 108 valence electrons. The van der Waals surface area contributed by atoms with E-state index in [0.29, 0.717) is 23.8 Å². The average molecular weight is 286 g/mol. The Morgan fingerprint density at radius 2 is 2.05 bits per heavy atom. The van der Waals surface area contributed by atoms with Gasteiger partial charge in [0.15, 0.2) is 0 Å². The van der Waals surface area contributed by atoms with Crippen LogP contribution in [0, 0.1) is 0 Å². The van der Waals surface area contributed by atoms with Gasteiger partial charge >= 0.3 is 6.01 Å². The monoisotopic (exact) mass is 286 g/mol. The van der Waals surface area contributed by atoms with E-state index in [2.05, 4.69) is 38.9 Å². The van der Waals surface area contributed by atoms with E-state index in [-0.39, 0.29) is 6.01 Å². The minimum absolute atomic E-state index is 0.283. The van der Waals surface area contributed by atoms with Crippen molar-refractivity contribution in [1.29, 1.82) is 0 Å². The molecule has 0 saturated carbocycles. The fraction of sp³-hybridized carbons (Fsp3) is 0.727. The third-order valence-corrected chi connectivity index (χ3v) is 3.46. The molecule has 1 rings (SSSR count). The number of nitrogens with zero attached hydrogens (tertiary/aromatic N) is 3. The number of ether oxygens (including phenoxy) is 1. The summed E-state index contributed by atoms with van der Waals surface area (Å²) in [5, 5.41) is 3.74. The van der Waals surface area contributed by atoms with Crippen molar-refractivity contribution in [1.82, 2.24) is 15.0 Å². The van der Waals surface area contributed by atoms with Crippen LogP contribution in [0.5, 0.6) is 6.01 Å². The number of hydrogen-bond donors (Lipinski definition) is 3. The van der Waals surface area contributed by atoms with Crippen molar-refractivity contribution >= 4 is 23.7 Å². The van der Waals surface area contributed by atoms with Gasteiger partial charge < -0.3 is 10.1 Å². The fourth-order valence-electron chi connectivity index (χ4n) is 1.26. The normalized spacial score (nSPS) is 12.0. The second-order valence-corrected chi connectivity index (χ2v) is 5.30. The second kappa shape index (κ2) is 8.76. The number of aromatic nitrogens is 3. The highest BCUT2D eigenvalue weighted by molar-refractivity contribution is 7.99. The Hall–Kier alpha value is -1.28. The summed E-state index contributed by atoms with van der Waals surface area (Å²) in [7, 11) is 0. The molecule has 0 aliphatic carbocycles. The molecule has 1 heterocycles. The van der Waals surface area contributed by atoms with Crippen LogP contribution >= 0.6 is 11.8 Å². The van der Waals surface area contributed by atoms with Crippen molar-refractivity contribution < 1.29 is 4.74 Å². The largest absolute Gasteiger partial charge is 0.463 e. The number of hydrogen-bond acceptors (Lipinski definition) is 8. The zero-order valence-electron chi connectivity index (χ0n) is 11.6. The zero-order valence-corrected chi connectivity index (χ0v) is 12.5. The van der Waals surface area contributed by atoms with Gasteiger partial charge in [0.05, 0.1) is 6.61 Å². The van der Waals surface area contributed by atoms with Crippen molar-refractivity contribution in [2.75, 3.05) is 30.1 Å². The van der Waals surface area contributed by atoms with Crippen LogP contribution in [0.3, 0.4) is 0 Å². The third-order valence-electron chi connectivity index (χ3n) is 2.42. The zero-order chi connectivity index (χ0) is 14.1. The Balaban J connectivity index is 2.60. The minimum Gasteiger partial charge on any atom is -0.463 e. The smallest absolute Gasteiger partial charge is 0.323 e. The predicted molar refractivity (Wildman–Crippen MR) is 79.5 cm³/mol. The lowest BCUT2D eigenvalue weighted by molar-refractivity contribution is 0.292. The van der Waals surface area contributed by atoms with Crippen molar-refractivity contribution in [2.24, 2.45) is 5.84 Å². The van der Waals surface area contributed by atoms with Gasteiger partial charge in [-0.1, -0.05) is 13.8 Å². The van der Waals surface area contributed by atoms with Crippen LogP contribution in [0.15, 0.2) is 0 Å². The first-order valence-corrected chi connectivity index (χ1v) is 7.60. The maximum Gasteiger partial charge on any atom is 0.323 e. The number of hydrazine groups is 1. The molecule has 0 bridgehead atoms. The molecule has 1 atom stereocenters. The molecule has 0 aromatic carbocycles. The van der Waals surface area contributed by atoms with Gasteiger partial charge in [0.2, 0.25) is 11.9 Å². The van der Waals surface area contributed by atoms with Gasteiger partial charge in [0, 0.05) is 11.8 Å². The molecule has 0 amide bonds. The molecular formula is C11H22N6OS. The van der Waals surface area contributed by atoms with E-state index in [1.54, 1.807) is 0 Å². The van der Waals surface area contributed by atoms with Crippen LogP contribution in [0.25, 0.3) is 0 Å². The summed E-state index contributed by atoms with van der Waals surface area (Å²) in [5.41, 5.74) is 2.41. The van der Waals surface area contributed by atoms with Crippen molar-refractivity contribution in [3.8, 4) is 6.01 Å². The maximum atomic E-state index is 5.39. The van der Waals surface area contributed by atoms with Crippen molar-refractivity contribution in [3.63, 3.8) is 0 Å². The minimum atomic E-state index is 0.283. The lowest BCUT2D eigenvalue weighted by Crippen LogP contribution is -2.16. The van der Waals surface area contributed by atoms with E-state index in [1.165, 1.54) is 0 Å². The summed E-state index contributed by atoms with van der Waals surface area (Å²) in [6, 6.07) is 0.283. The molecule has 1 aromatic rings. The average Bonchev–Trinajstić information content (AvgIpc) is 2.44. The molecule has 19 heavy (non-hydrogen) atoms. The van der Waals surface area contributed by atoms with E-state index >= 15 is 0 Å². The highest BCUT2D eigenvalue weighted by atomic mass is 32.2. The molecular weight excluding hydrogens is 264 g/mol. The summed E-state index contributed by atoms with van der Waals surface area (Å²) in [5.74, 6) is 6.09. The predicted octanol–water partition coefficient (Wildman–Crippen LogP) is 1.50. The molecule has 0 fully saturated rings. The molecule has 1 unspecified atom stereocenters. The highest BCUT2D eigenvalue weighted by Gasteiger charge is 2.07. The van der Waals surface area contributed by atoms with E-state index in [0.717, 1.165) is 19.4 Å². The lowest BCUT2D eigenvalue weighted by Gasteiger charge is -2.10. The summed E-state index contributed by atoms with van der Waals surface area (Å²) in [6.07, 6.45) is 4.02. The van der Waals surface area contributed by atoms with E-state index < -0.39 is 0 Å². The molecule has 0 spiro atoms. The number of nitrogen functional groups attached to an aromatic ring is 1. The molecule has 1 aromatic heterocycles. The Morgan fingerprint density at radius 1 is 1.32 bits per heavy atom. The van der Waals surface area contributed by atoms with E-state index in [1.807, 2.05) is 18.7 Å². The van der Waals surface area contributed by atoms with Crippen molar-refractivity contribution in [2.45, 2.75) is 31.9 Å². The quantitative estimate of drug-likeness (QED) is 0.464. The summed E-state index contributed by atoms with van der Waals surface area (Å²) in [4.78, 5) is 12.3. The van der Waals surface area contributed by atoms with Crippen LogP contribution in [-0.4, -0.2) is 39.6 Å². The summed E-state index contributed by atoms with van der Waals surface area (Å²) in [6.45, 7) is 5.56. The molecule has 0 aliphatic heterocycles. The van der Waals surface area contributed by atoms with Gasteiger partial charge in [0.1, 0.15) is 0 Å². The van der Waals surface area contributed by atoms with Gasteiger partial charge in [-0.05, 0) is 19.1 Å². The lowest BCUT2D eigenvalue weighted by atomic mass is 10.3.